The normalized spacial score (nSPS) is 17.7. The number of hydrogen-bond acceptors (Lipinski definition) is 2. The molecule has 0 saturated heterocycles. The third-order valence-electron chi connectivity index (χ3n) is 3.87. The predicted octanol–water partition coefficient (Wildman–Crippen LogP) is 3.18. The number of nitrogens with zero attached hydrogens (tertiary/aromatic N) is 1. The maximum absolute atomic E-state index is 4.07. The minimum atomic E-state index is 0.733. The zero-order chi connectivity index (χ0) is 11.9. The maximum Gasteiger partial charge on any atom is 0.0270 e. The molecule has 2 rings (SSSR count). The van der Waals surface area contributed by atoms with E-state index in [1.807, 2.05) is 12.4 Å². The number of pyridine rings is 1. The Kier molecular flexibility index (Phi) is 4.99. The summed E-state index contributed by atoms with van der Waals surface area (Å²) in [4.78, 5) is 4.07. The van der Waals surface area contributed by atoms with E-state index in [4.69, 9.17) is 0 Å². The van der Waals surface area contributed by atoms with Gasteiger partial charge in [0, 0.05) is 18.4 Å². The van der Waals surface area contributed by atoms with E-state index in [0.29, 0.717) is 0 Å². The van der Waals surface area contributed by atoms with Gasteiger partial charge in [-0.25, -0.2) is 0 Å². The lowest BCUT2D eigenvalue weighted by Gasteiger charge is -2.34. The molecule has 1 fully saturated rings. The van der Waals surface area contributed by atoms with Crippen LogP contribution in [0, 0.1) is 5.92 Å². The summed E-state index contributed by atoms with van der Waals surface area (Å²) in [6.07, 6.45) is 11.8. The van der Waals surface area contributed by atoms with Crippen molar-refractivity contribution in [1.82, 2.24) is 10.3 Å². The van der Waals surface area contributed by atoms with Crippen LogP contribution in [0.25, 0.3) is 0 Å². The van der Waals surface area contributed by atoms with Crippen molar-refractivity contribution >= 4 is 0 Å². The Morgan fingerprint density at radius 3 is 2.71 bits per heavy atom. The lowest BCUT2D eigenvalue weighted by atomic mass is 9.78. The second-order valence-electron chi connectivity index (χ2n) is 5.15. The van der Waals surface area contributed by atoms with Gasteiger partial charge in [0.05, 0.1) is 0 Å². The van der Waals surface area contributed by atoms with Crippen LogP contribution in [0.1, 0.15) is 44.6 Å². The first kappa shape index (κ1) is 12.6. The van der Waals surface area contributed by atoms with Crippen molar-refractivity contribution in [3.8, 4) is 0 Å². The fourth-order valence-corrected chi connectivity index (χ4v) is 2.55. The Bertz CT molecular complexity index is 306. The highest BCUT2D eigenvalue weighted by atomic mass is 14.9. The summed E-state index contributed by atoms with van der Waals surface area (Å²) in [5, 5.41) is 3.73. The summed E-state index contributed by atoms with van der Waals surface area (Å²) < 4.78 is 0. The van der Waals surface area contributed by atoms with Crippen LogP contribution >= 0.6 is 0 Å². The molecule has 1 saturated carbocycles. The molecular formula is C15H24N2. The van der Waals surface area contributed by atoms with Gasteiger partial charge < -0.3 is 5.32 Å². The van der Waals surface area contributed by atoms with Gasteiger partial charge in [-0.3, -0.25) is 4.98 Å². The summed E-state index contributed by atoms with van der Waals surface area (Å²) in [7, 11) is 0. The first-order chi connectivity index (χ1) is 8.40. The Morgan fingerprint density at radius 2 is 2.12 bits per heavy atom. The van der Waals surface area contributed by atoms with Gasteiger partial charge in [-0.15, -0.1) is 0 Å². The van der Waals surface area contributed by atoms with Crippen molar-refractivity contribution in [2.75, 3.05) is 6.54 Å². The largest absolute Gasteiger partial charge is 0.314 e. The molecule has 0 bridgehead atoms. The monoisotopic (exact) mass is 232 g/mol. The summed E-state index contributed by atoms with van der Waals surface area (Å²) in [5.74, 6) is 0.934. The predicted molar refractivity (Wildman–Crippen MR) is 72.0 cm³/mol. The molecule has 2 heteroatoms. The minimum Gasteiger partial charge on any atom is -0.314 e. The fourth-order valence-electron chi connectivity index (χ4n) is 2.55. The van der Waals surface area contributed by atoms with E-state index in [1.54, 1.807) is 0 Å². The van der Waals surface area contributed by atoms with E-state index in [9.17, 15) is 0 Å². The second kappa shape index (κ2) is 6.75. The standard InChI is InChI=1S/C15H24N2/c1-2-10-17-15(14-4-3-5-14)7-6-13-8-11-16-12-9-13/h8-9,11-12,14-15,17H,2-7,10H2,1H3. The van der Waals surface area contributed by atoms with E-state index >= 15 is 0 Å². The van der Waals surface area contributed by atoms with E-state index in [2.05, 4.69) is 29.4 Å². The van der Waals surface area contributed by atoms with Crippen molar-refractivity contribution < 1.29 is 0 Å². The first-order valence-electron chi connectivity index (χ1n) is 7.02. The molecule has 1 heterocycles. The van der Waals surface area contributed by atoms with Gasteiger partial charge in [0.1, 0.15) is 0 Å². The molecule has 0 radical (unpaired) electrons. The molecule has 0 spiro atoms. The van der Waals surface area contributed by atoms with Crippen molar-refractivity contribution in [1.29, 1.82) is 0 Å². The Hall–Kier alpha value is -0.890. The van der Waals surface area contributed by atoms with Crippen molar-refractivity contribution in [3.05, 3.63) is 30.1 Å². The summed E-state index contributed by atoms with van der Waals surface area (Å²) >= 11 is 0. The third-order valence-corrected chi connectivity index (χ3v) is 3.87. The minimum absolute atomic E-state index is 0.733. The molecule has 0 amide bonds. The van der Waals surface area contributed by atoms with Gasteiger partial charge >= 0.3 is 0 Å². The number of rotatable bonds is 7. The number of nitrogens with one attached hydrogen (secondary N) is 1. The third kappa shape index (κ3) is 3.81. The Labute approximate surface area is 105 Å². The average Bonchev–Trinajstić information content (AvgIpc) is 2.31. The van der Waals surface area contributed by atoms with E-state index in [1.165, 1.54) is 44.1 Å². The van der Waals surface area contributed by atoms with Gasteiger partial charge in [0.15, 0.2) is 0 Å². The van der Waals surface area contributed by atoms with Gasteiger partial charge in [-0.05, 0) is 62.3 Å². The van der Waals surface area contributed by atoms with Crippen molar-refractivity contribution in [3.63, 3.8) is 0 Å². The molecule has 1 aromatic heterocycles. The summed E-state index contributed by atoms with van der Waals surface area (Å²) in [5.41, 5.74) is 1.42. The topological polar surface area (TPSA) is 24.9 Å². The second-order valence-corrected chi connectivity index (χ2v) is 5.15. The average molecular weight is 232 g/mol. The van der Waals surface area contributed by atoms with E-state index < -0.39 is 0 Å². The van der Waals surface area contributed by atoms with Gasteiger partial charge in [-0.2, -0.15) is 0 Å². The van der Waals surface area contributed by atoms with Crippen LogP contribution in [0.5, 0.6) is 0 Å². The zero-order valence-corrected chi connectivity index (χ0v) is 10.9. The number of hydrogen-bond donors (Lipinski definition) is 1. The SMILES string of the molecule is CCCNC(CCc1ccncc1)C1CCC1. The molecule has 1 N–H and O–H groups in total. The van der Waals surface area contributed by atoms with Gasteiger partial charge in [0.25, 0.3) is 0 Å². The highest BCUT2D eigenvalue weighted by molar-refractivity contribution is 5.10. The fraction of sp³-hybridized carbons (Fsp3) is 0.667. The van der Waals surface area contributed by atoms with E-state index in [0.717, 1.165) is 18.5 Å². The summed E-state index contributed by atoms with van der Waals surface area (Å²) in [6.45, 7) is 3.41. The molecule has 17 heavy (non-hydrogen) atoms. The zero-order valence-electron chi connectivity index (χ0n) is 10.9. The number of aryl methyl sites for hydroxylation is 1. The van der Waals surface area contributed by atoms with Crippen LogP contribution in [0.4, 0.5) is 0 Å². The Morgan fingerprint density at radius 1 is 1.35 bits per heavy atom. The molecule has 1 aliphatic carbocycles. The quantitative estimate of drug-likeness (QED) is 0.781. The van der Waals surface area contributed by atoms with E-state index in [-0.39, 0.29) is 0 Å². The molecule has 94 valence electrons. The molecule has 1 atom stereocenters. The molecule has 1 aliphatic rings. The summed E-state index contributed by atoms with van der Waals surface area (Å²) in [6, 6.07) is 5.01. The maximum atomic E-state index is 4.07. The van der Waals surface area contributed by atoms with Gasteiger partial charge in [-0.1, -0.05) is 13.3 Å². The molecule has 0 aromatic carbocycles. The van der Waals surface area contributed by atoms with Crippen LogP contribution in [-0.2, 0) is 6.42 Å². The van der Waals surface area contributed by atoms with Crippen LogP contribution in [0.2, 0.25) is 0 Å². The van der Waals surface area contributed by atoms with Crippen molar-refractivity contribution in [2.45, 2.75) is 51.5 Å². The Balaban J connectivity index is 1.80. The first-order valence-corrected chi connectivity index (χ1v) is 7.02. The molecule has 2 nitrogen and oxygen atoms in total. The lowest BCUT2D eigenvalue weighted by Crippen LogP contribution is -2.40. The molecule has 1 unspecified atom stereocenters. The highest BCUT2D eigenvalue weighted by Gasteiger charge is 2.26. The van der Waals surface area contributed by atoms with Gasteiger partial charge in [0.2, 0.25) is 0 Å². The van der Waals surface area contributed by atoms with Crippen LogP contribution in [0.3, 0.4) is 0 Å². The number of aromatic nitrogens is 1. The van der Waals surface area contributed by atoms with Crippen molar-refractivity contribution in [2.24, 2.45) is 5.92 Å². The molecular weight excluding hydrogens is 208 g/mol. The van der Waals surface area contributed by atoms with Crippen LogP contribution in [0.15, 0.2) is 24.5 Å². The smallest absolute Gasteiger partial charge is 0.0270 e. The van der Waals surface area contributed by atoms with Crippen LogP contribution in [-0.4, -0.2) is 17.6 Å². The molecule has 1 aromatic rings. The van der Waals surface area contributed by atoms with Crippen LogP contribution < -0.4 is 5.32 Å². The molecule has 0 aliphatic heterocycles. The highest BCUT2D eigenvalue weighted by Crippen LogP contribution is 2.31. The lowest BCUT2D eigenvalue weighted by molar-refractivity contribution is 0.220.